The Balaban J connectivity index is 0.00000180. The van der Waals surface area contributed by atoms with E-state index < -0.39 is 0 Å². The van der Waals surface area contributed by atoms with Crippen LogP contribution in [-0.4, -0.2) is 30.4 Å². The van der Waals surface area contributed by atoms with E-state index in [9.17, 15) is 4.79 Å². The molecule has 0 radical (unpaired) electrons. The van der Waals surface area contributed by atoms with E-state index in [-0.39, 0.29) is 23.7 Å². The van der Waals surface area contributed by atoms with E-state index in [1.807, 2.05) is 23.1 Å². The number of benzene rings is 1. The summed E-state index contributed by atoms with van der Waals surface area (Å²) in [6, 6.07) is 5.89. The second-order valence-corrected chi connectivity index (χ2v) is 6.62. The van der Waals surface area contributed by atoms with E-state index in [1.54, 1.807) is 0 Å². The minimum atomic E-state index is 0. The third-order valence-corrected chi connectivity index (χ3v) is 4.92. The summed E-state index contributed by atoms with van der Waals surface area (Å²) < 4.78 is 1.14. The van der Waals surface area contributed by atoms with Gasteiger partial charge in [0.15, 0.2) is 0 Å². The zero-order valence-corrected chi connectivity index (χ0v) is 14.3. The monoisotopic (exact) mass is 394 g/mol. The average Bonchev–Trinajstić information content (AvgIpc) is 2.75. The summed E-state index contributed by atoms with van der Waals surface area (Å²) >= 11 is 2.27. The minimum Gasteiger partial charge on any atom is -0.338 e. The Morgan fingerprint density at radius 3 is 2.74 bits per heavy atom. The Morgan fingerprint density at radius 1 is 1.53 bits per heavy atom. The molecule has 1 amide bonds. The van der Waals surface area contributed by atoms with Crippen LogP contribution in [0.15, 0.2) is 18.2 Å². The first-order valence-corrected chi connectivity index (χ1v) is 7.28. The van der Waals surface area contributed by atoms with Crippen LogP contribution in [0, 0.1) is 15.9 Å². The molecular weight excluding hydrogens is 375 g/mol. The Bertz CT molecular complexity index is 481. The molecule has 1 aromatic carbocycles. The van der Waals surface area contributed by atoms with Gasteiger partial charge in [0.1, 0.15) is 0 Å². The van der Waals surface area contributed by atoms with Crippen molar-refractivity contribution in [1.82, 2.24) is 4.90 Å². The van der Waals surface area contributed by atoms with E-state index in [0.717, 1.165) is 28.6 Å². The number of hydrogen-bond acceptors (Lipinski definition) is 2. The number of rotatable bonds is 2. The van der Waals surface area contributed by atoms with Gasteiger partial charge in [-0.1, -0.05) is 13.0 Å². The van der Waals surface area contributed by atoms with Crippen molar-refractivity contribution in [2.45, 2.75) is 20.3 Å². The van der Waals surface area contributed by atoms with Crippen molar-refractivity contribution < 1.29 is 4.79 Å². The Labute approximate surface area is 134 Å². The summed E-state index contributed by atoms with van der Waals surface area (Å²) in [7, 11) is 0. The van der Waals surface area contributed by atoms with Gasteiger partial charge in [-0.15, -0.1) is 12.4 Å². The number of carbonyl (C=O) groups is 1. The topological polar surface area (TPSA) is 46.3 Å². The molecule has 0 aromatic heterocycles. The lowest BCUT2D eigenvalue weighted by atomic mass is 9.90. The van der Waals surface area contributed by atoms with Crippen molar-refractivity contribution in [1.29, 1.82) is 0 Å². The lowest BCUT2D eigenvalue weighted by Crippen LogP contribution is -2.34. The lowest BCUT2D eigenvalue weighted by Gasteiger charge is -2.22. The van der Waals surface area contributed by atoms with Crippen LogP contribution in [0.4, 0.5) is 0 Å². The maximum absolute atomic E-state index is 12.4. The standard InChI is InChI=1S/C14H19IN2O.ClH/c1-10-3-4-11(7-12(10)15)13(18)17-6-5-14(2,8-16)9-17;/h3-4,7H,5-6,8-9,16H2,1-2H3;1H. The third-order valence-electron chi connectivity index (χ3n) is 3.76. The van der Waals surface area contributed by atoms with E-state index in [2.05, 4.69) is 36.4 Å². The molecular formula is C14H20ClIN2O. The van der Waals surface area contributed by atoms with Crippen LogP contribution in [0.25, 0.3) is 0 Å². The number of likely N-dealkylation sites (tertiary alicyclic amines) is 1. The van der Waals surface area contributed by atoms with Gasteiger partial charge in [0, 0.05) is 22.2 Å². The molecule has 1 heterocycles. The summed E-state index contributed by atoms with van der Waals surface area (Å²) in [6.07, 6.45) is 0.998. The molecule has 1 fully saturated rings. The zero-order valence-electron chi connectivity index (χ0n) is 11.3. The van der Waals surface area contributed by atoms with Gasteiger partial charge >= 0.3 is 0 Å². The van der Waals surface area contributed by atoms with Crippen LogP contribution in [0.2, 0.25) is 0 Å². The summed E-state index contributed by atoms with van der Waals surface area (Å²) in [6.45, 7) is 6.43. The Hall–Kier alpha value is -0.330. The molecule has 2 rings (SSSR count). The molecule has 1 saturated heterocycles. The SMILES string of the molecule is Cc1ccc(C(=O)N2CCC(C)(CN)C2)cc1I.Cl. The average molecular weight is 395 g/mol. The van der Waals surface area contributed by atoms with Gasteiger partial charge in [-0.25, -0.2) is 0 Å². The molecule has 106 valence electrons. The van der Waals surface area contributed by atoms with Crippen molar-refractivity contribution >= 4 is 40.9 Å². The fourth-order valence-corrected chi connectivity index (χ4v) is 2.79. The van der Waals surface area contributed by atoms with E-state index in [1.165, 1.54) is 5.56 Å². The van der Waals surface area contributed by atoms with Crippen molar-refractivity contribution in [2.75, 3.05) is 19.6 Å². The molecule has 0 saturated carbocycles. The molecule has 3 nitrogen and oxygen atoms in total. The van der Waals surface area contributed by atoms with Crippen LogP contribution in [0.1, 0.15) is 29.3 Å². The van der Waals surface area contributed by atoms with E-state index >= 15 is 0 Å². The Kier molecular flexibility index (Phi) is 5.65. The predicted molar refractivity (Wildman–Crippen MR) is 88.8 cm³/mol. The number of nitrogens with zero attached hydrogens (tertiary/aromatic N) is 1. The zero-order chi connectivity index (χ0) is 13.3. The maximum Gasteiger partial charge on any atom is 0.253 e. The molecule has 0 spiro atoms. The van der Waals surface area contributed by atoms with Crippen molar-refractivity contribution in [2.24, 2.45) is 11.1 Å². The molecule has 1 aliphatic rings. The lowest BCUT2D eigenvalue weighted by molar-refractivity contribution is 0.0777. The van der Waals surface area contributed by atoms with Crippen LogP contribution < -0.4 is 5.73 Å². The maximum atomic E-state index is 12.4. The van der Waals surface area contributed by atoms with Gasteiger partial charge in [0.05, 0.1) is 0 Å². The highest BCUT2D eigenvalue weighted by molar-refractivity contribution is 14.1. The normalized spacial score (nSPS) is 22.2. The highest BCUT2D eigenvalue weighted by atomic mass is 127. The fraction of sp³-hybridized carbons (Fsp3) is 0.500. The second kappa shape index (κ2) is 6.41. The summed E-state index contributed by atoms with van der Waals surface area (Å²) in [5.41, 5.74) is 7.86. The highest BCUT2D eigenvalue weighted by Crippen LogP contribution is 2.29. The van der Waals surface area contributed by atoms with Crippen molar-refractivity contribution in [3.63, 3.8) is 0 Å². The third kappa shape index (κ3) is 3.61. The first kappa shape index (κ1) is 16.7. The van der Waals surface area contributed by atoms with E-state index in [0.29, 0.717) is 6.54 Å². The van der Waals surface area contributed by atoms with Gasteiger partial charge in [-0.3, -0.25) is 4.79 Å². The smallest absolute Gasteiger partial charge is 0.253 e. The number of amides is 1. The molecule has 0 aliphatic carbocycles. The van der Waals surface area contributed by atoms with E-state index in [4.69, 9.17) is 5.73 Å². The summed E-state index contributed by atoms with van der Waals surface area (Å²) in [5, 5.41) is 0. The second-order valence-electron chi connectivity index (χ2n) is 5.46. The number of halogens is 2. The van der Waals surface area contributed by atoms with Crippen LogP contribution in [0.3, 0.4) is 0 Å². The highest BCUT2D eigenvalue weighted by Gasteiger charge is 2.35. The van der Waals surface area contributed by atoms with Gasteiger partial charge in [-0.05, 0) is 65.6 Å². The fourth-order valence-electron chi connectivity index (χ4n) is 2.27. The largest absolute Gasteiger partial charge is 0.338 e. The predicted octanol–water partition coefficient (Wildman–Crippen LogP) is 2.83. The molecule has 0 bridgehead atoms. The molecule has 1 unspecified atom stereocenters. The van der Waals surface area contributed by atoms with Crippen LogP contribution in [-0.2, 0) is 0 Å². The van der Waals surface area contributed by atoms with Gasteiger partial charge in [0.2, 0.25) is 0 Å². The minimum absolute atomic E-state index is 0. The van der Waals surface area contributed by atoms with Gasteiger partial charge in [0.25, 0.3) is 5.91 Å². The summed E-state index contributed by atoms with van der Waals surface area (Å²) in [5.74, 6) is 0.130. The van der Waals surface area contributed by atoms with Crippen molar-refractivity contribution in [3.8, 4) is 0 Å². The molecule has 5 heteroatoms. The first-order valence-electron chi connectivity index (χ1n) is 6.21. The molecule has 2 N–H and O–H groups in total. The van der Waals surface area contributed by atoms with Gasteiger partial charge in [-0.2, -0.15) is 0 Å². The quantitative estimate of drug-likeness (QED) is 0.784. The van der Waals surface area contributed by atoms with Crippen LogP contribution >= 0.6 is 35.0 Å². The molecule has 1 aliphatic heterocycles. The van der Waals surface area contributed by atoms with Crippen molar-refractivity contribution in [3.05, 3.63) is 32.9 Å². The molecule has 1 aromatic rings. The number of aryl methyl sites for hydroxylation is 1. The first-order chi connectivity index (χ1) is 8.45. The number of carbonyl (C=O) groups excluding carboxylic acids is 1. The van der Waals surface area contributed by atoms with Crippen LogP contribution in [0.5, 0.6) is 0 Å². The van der Waals surface area contributed by atoms with Gasteiger partial charge < -0.3 is 10.6 Å². The number of hydrogen-bond donors (Lipinski definition) is 1. The molecule has 19 heavy (non-hydrogen) atoms. The Morgan fingerprint density at radius 2 is 2.21 bits per heavy atom. The molecule has 1 atom stereocenters. The number of nitrogens with two attached hydrogens (primary N) is 1. The summed E-state index contributed by atoms with van der Waals surface area (Å²) in [4.78, 5) is 14.3.